The number of para-hydroxylation sites is 1. The molecule has 0 aliphatic carbocycles. The number of benzene rings is 2. The number of hydrogen-bond donors (Lipinski definition) is 1. The summed E-state index contributed by atoms with van der Waals surface area (Å²) < 4.78 is 13.1. The normalized spacial score (nSPS) is 10.8. The number of phenols is 1. The molecular weight excluding hydrogens is 278 g/mol. The standard InChI is InChI=1S/C18H19NO3/c1-3-19-11-13(16-8-5-9-17(20)18(16)19)12-22-15-7-4-6-14(10-15)21-2/h4-11,20H,3,12H2,1-2H3. The zero-order valence-corrected chi connectivity index (χ0v) is 12.7. The molecule has 3 aromatic rings. The minimum Gasteiger partial charge on any atom is -0.506 e. The Morgan fingerprint density at radius 1 is 1.09 bits per heavy atom. The van der Waals surface area contributed by atoms with E-state index in [2.05, 4.69) is 6.92 Å². The van der Waals surface area contributed by atoms with Gasteiger partial charge in [-0.15, -0.1) is 0 Å². The van der Waals surface area contributed by atoms with E-state index in [-0.39, 0.29) is 0 Å². The molecule has 4 heteroatoms. The Morgan fingerprint density at radius 2 is 1.86 bits per heavy atom. The smallest absolute Gasteiger partial charge is 0.139 e. The highest BCUT2D eigenvalue weighted by molar-refractivity contribution is 5.88. The summed E-state index contributed by atoms with van der Waals surface area (Å²) in [5.41, 5.74) is 1.91. The lowest BCUT2D eigenvalue weighted by Crippen LogP contribution is -1.95. The van der Waals surface area contributed by atoms with Crippen LogP contribution in [-0.4, -0.2) is 16.8 Å². The van der Waals surface area contributed by atoms with Crippen LogP contribution in [0.4, 0.5) is 0 Å². The van der Waals surface area contributed by atoms with E-state index in [4.69, 9.17) is 9.47 Å². The zero-order chi connectivity index (χ0) is 15.5. The van der Waals surface area contributed by atoms with Crippen molar-refractivity contribution in [2.24, 2.45) is 0 Å². The number of rotatable bonds is 5. The maximum atomic E-state index is 10.1. The number of hydrogen-bond acceptors (Lipinski definition) is 3. The molecule has 0 saturated carbocycles. The average Bonchev–Trinajstić information content (AvgIpc) is 2.92. The van der Waals surface area contributed by atoms with Gasteiger partial charge in [-0.05, 0) is 25.1 Å². The fraction of sp³-hybridized carbons (Fsp3) is 0.222. The Morgan fingerprint density at radius 3 is 2.64 bits per heavy atom. The maximum Gasteiger partial charge on any atom is 0.139 e. The van der Waals surface area contributed by atoms with Crippen LogP contribution in [0.3, 0.4) is 0 Å². The minimum absolute atomic E-state index is 0.298. The molecule has 0 bridgehead atoms. The first-order valence-corrected chi connectivity index (χ1v) is 7.29. The second kappa shape index (κ2) is 6.02. The fourth-order valence-electron chi connectivity index (χ4n) is 2.63. The summed E-state index contributed by atoms with van der Waals surface area (Å²) in [5.74, 6) is 1.83. The number of ether oxygens (including phenoxy) is 2. The third kappa shape index (κ3) is 2.60. The van der Waals surface area contributed by atoms with Gasteiger partial charge >= 0.3 is 0 Å². The molecule has 114 valence electrons. The highest BCUT2D eigenvalue weighted by Gasteiger charge is 2.11. The molecule has 0 fully saturated rings. The van der Waals surface area contributed by atoms with E-state index in [1.165, 1.54) is 0 Å². The summed E-state index contributed by atoms with van der Waals surface area (Å²) in [6.07, 6.45) is 2.03. The quantitative estimate of drug-likeness (QED) is 0.775. The van der Waals surface area contributed by atoms with Crippen LogP contribution in [0.1, 0.15) is 12.5 Å². The molecule has 0 amide bonds. The lowest BCUT2D eigenvalue weighted by atomic mass is 10.2. The van der Waals surface area contributed by atoms with Crippen LogP contribution in [0.2, 0.25) is 0 Å². The van der Waals surface area contributed by atoms with Gasteiger partial charge < -0.3 is 19.1 Å². The van der Waals surface area contributed by atoms with Crippen LogP contribution in [0, 0.1) is 0 Å². The van der Waals surface area contributed by atoms with E-state index >= 15 is 0 Å². The van der Waals surface area contributed by atoms with Gasteiger partial charge in [-0.3, -0.25) is 0 Å². The highest BCUT2D eigenvalue weighted by Crippen LogP contribution is 2.30. The number of aryl methyl sites for hydroxylation is 1. The number of aromatic hydroxyl groups is 1. The first-order chi connectivity index (χ1) is 10.7. The van der Waals surface area contributed by atoms with Gasteiger partial charge in [0.2, 0.25) is 0 Å². The number of methoxy groups -OCH3 is 1. The molecule has 4 nitrogen and oxygen atoms in total. The van der Waals surface area contributed by atoms with Gasteiger partial charge in [-0.1, -0.05) is 18.2 Å². The molecule has 0 spiro atoms. The van der Waals surface area contributed by atoms with Crippen LogP contribution >= 0.6 is 0 Å². The van der Waals surface area contributed by atoms with E-state index < -0.39 is 0 Å². The topological polar surface area (TPSA) is 43.6 Å². The van der Waals surface area contributed by atoms with E-state index in [1.54, 1.807) is 13.2 Å². The Balaban J connectivity index is 1.89. The van der Waals surface area contributed by atoms with Gasteiger partial charge in [0.25, 0.3) is 0 Å². The number of aromatic nitrogens is 1. The Kier molecular flexibility index (Phi) is 3.92. The number of fused-ring (bicyclic) bond motifs is 1. The highest BCUT2D eigenvalue weighted by atomic mass is 16.5. The van der Waals surface area contributed by atoms with Gasteiger partial charge in [0.05, 0.1) is 12.6 Å². The molecular formula is C18H19NO3. The molecule has 1 N–H and O–H groups in total. The first-order valence-electron chi connectivity index (χ1n) is 7.29. The fourth-order valence-corrected chi connectivity index (χ4v) is 2.63. The molecule has 22 heavy (non-hydrogen) atoms. The van der Waals surface area contributed by atoms with Crippen molar-refractivity contribution in [3.8, 4) is 17.2 Å². The van der Waals surface area contributed by atoms with Crippen molar-refractivity contribution < 1.29 is 14.6 Å². The monoisotopic (exact) mass is 297 g/mol. The van der Waals surface area contributed by atoms with Crippen LogP contribution in [0.15, 0.2) is 48.7 Å². The van der Waals surface area contributed by atoms with E-state index in [1.807, 2.05) is 47.2 Å². The zero-order valence-electron chi connectivity index (χ0n) is 12.7. The summed E-state index contributed by atoms with van der Waals surface area (Å²) >= 11 is 0. The first kappa shape index (κ1) is 14.3. The van der Waals surface area contributed by atoms with Gasteiger partial charge in [0.1, 0.15) is 23.9 Å². The number of phenolic OH excluding ortho intramolecular Hbond substituents is 1. The van der Waals surface area contributed by atoms with Crippen molar-refractivity contribution in [1.29, 1.82) is 0 Å². The van der Waals surface area contributed by atoms with Crippen LogP contribution < -0.4 is 9.47 Å². The molecule has 2 aromatic carbocycles. The Labute approximate surface area is 129 Å². The third-order valence-corrected chi connectivity index (χ3v) is 3.74. The maximum absolute atomic E-state index is 10.1. The Hall–Kier alpha value is -2.62. The third-order valence-electron chi connectivity index (χ3n) is 3.74. The number of nitrogens with zero attached hydrogens (tertiary/aromatic N) is 1. The van der Waals surface area contributed by atoms with Crippen LogP contribution in [0.25, 0.3) is 10.9 Å². The molecule has 0 aliphatic heterocycles. The van der Waals surface area contributed by atoms with Crippen molar-refractivity contribution in [3.05, 3.63) is 54.2 Å². The van der Waals surface area contributed by atoms with Gasteiger partial charge in [0.15, 0.2) is 0 Å². The average molecular weight is 297 g/mol. The summed E-state index contributed by atoms with van der Waals surface area (Å²) in [6, 6.07) is 13.1. The van der Waals surface area contributed by atoms with Crippen LogP contribution in [-0.2, 0) is 13.2 Å². The lowest BCUT2D eigenvalue weighted by Gasteiger charge is -2.07. The summed E-state index contributed by atoms with van der Waals surface area (Å²) in [4.78, 5) is 0. The molecule has 0 aliphatic rings. The van der Waals surface area contributed by atoms with Crippen molar-refractivity contribution in [1.82, 2.24) is 4.57 Å². The minimum atomic E-state index is 0.298. The molecule has 0 unspecified atom stereocenters. The van der Waals surface area contributed by atoms with Gasteiger partial charge in [-0.2, -0.15) is 0 Å². The predicted octanol–water partition coefficient (Wildman–Crippen LogP) is 3.95. The molecule has 0 atom stereocenters. The lowest BCUT2D eigenvalue weighted by molar-refractivity contribution is 0.304. The summed E-state index contributed by atoms with van der Waals surface area (Å²) in [5, 5.41) is 11.1. The van der Waals surface area contributed by atoms with E-state index in [0.717, 1.165) is 34.5 Å². The summed E-state index contributed by atoms with van der Waals surface area (Å²) in [6.45, 7) is 3.30. The van der Waals surface area contributed by atoms with Crippen molar-refractivity contribution in [3.63, 3.8) is 0 Å². The second-order valence-electron chi connectivity index (χ2n) is 5.08. The largest absolute Gasteiger partial charge is 0.506 e. The van der Waals surface area contributed by atoms with E-state index in [9.17, 15) is 5.11 Å². The van der Waals surface area contributed by atoms with Crippen molar-refractivity contribution in [2.75, 3.05) is 7.11 Å². The SMILES string of the molecule is CCn1cc(COc2cccc(OC)c2)c2cccc(O)c21. The van der Waals surface area contributed by atoms with Gasteiger partial charge in [0, 0.05) is 29.8 Å². The molecule has 1 aromatic heterocycles. The van der Waals surface area contributed by atoms with Crippen LogP contribution in [0.5, 0.6) is 17.2 Å². The molecule has 1 heterocycles. The Bertz CT molecular complexity index is 792. The summed E-state index contributed by atoms with van der Waals surface area (Å²) in [7, 11) is 1.64. The van der Waals surface area contributed by atoms with E-state index in [0.29, 0.717) is 12.4 Å². The molecule has 0 saturated heterocycles. The van der Waals surface area contributed by atoms with Gasteiger partial charge in [-0.25, -0.2) is 0 Å². The molecule has 0 radical (unpaired) electrons. The molecule has 3 rings (SSSR count). The second-order valence-corrected chi connectivity index (χ2v) is 5.08. The van der Waals surface area contributed by atoms with Crippen molar-refractivity contribution in [2.45, 2.75) is 20.1 Å². The predicted molar refractivity (Wildman–Crippen MR) is 86.6 cm³/mol. The van der Waals surface area contributed by atoms with Crippen molar-refractivity contribution >= 4 is 10.9 Å².